The maximum absolute atomic E-state index is 5.43. The van der Waals surface area contributed by atoms with Gasteiger partial charge in [0.25, 0.3) is 0 Å². The maximum atomic E-state index is 5.43. The third-order valence-corrected chi connectivity index (χ3v) is 8.48. The fraction of sp³-hybridized carbons (Fsp3) is 0. The monoisotopic (exact) mass is 535 g/mol. The lowest BCUT2D eigenvalue weighted by Crippen LogP contribution is -2.02. The second kappa shape index (κ2) is 8.92. The van der Waals surface area contributed by atoms with Gasteiger partial charge in [-0.3, -0.25) is 4.57 Å². The molecule has 9 rings (SSSR count). The molecule has 3 nitrogen and oxygen atoms in total. The molecule has 0 radical (unpaired) electrons. The molecule has 3 heteroatoms. The van der Waals surface area contributed by atoms with Gasteiger partial charge in [-0.15, -0.1) is 0 Å². The van der Waals surface area contributed by atoms with Gasteiger partial charge in [0.05, 0.1) is 27.8 Å². The molecule has 42 heavy (non-hydrogen) atoms. The molecule has 6 aromatic carbocycles. The third kappa shape index (κ3) is 3.25. The first kappa shape index (κ1) is 23.1. The first-order valence-electron chi connectivity index (χ1n) is 14.3. The molecule has 0 amide bonds. The van der Waals surface area contributed by atoms with E-state index >= 15 is 0 Å². The van der Waals surface area contributed by atoms with Crippen LogP contribution in [0.5, 0.6) is 0 Å². The summed E-state index contributed by atoms with van der Waals surface area (Å²) in [6.07, 6.45) is 0. The van der Waals surface area contributed by atoms with E-state index in [9.17, 15) is 0 Å². The van der Waals surface area contributed by atoms with Crippen LogP contribution in [-0.4, -0.2) is 14.1 Å². The molecule has 0 saturated carbocycles. The van der Waals surface area contributed by atoms with E-state index in [2.05, 4.69) is 161 Å². The van der Waals surface area contributed by atoms with E-state index < -0.39 is 0 Å². The Labute approximate surface area is 242 Å². The van der Waals surface area contributed by atoms with Crippen LogP contribution in [0.1, 0.15) is 0 Å². The Bertz CT molecular complexity index is 2450. The Balaban J connectivity index is 1.53. The number of para-hydroxylation sites is 3. The quantitative estimate of drug-likeness (QED) is 0.221. The summed E-state index contributed by atoms with van der Waals surface area (Å²) in [4.78, 5) is 5.43. The normalized spacial score (nSPS) is 11.8. The summed E-state index contributed by atoms with van der Waals surface area (Å²) in [5.41, 5.74) is 7.90. The highest BCUT2D eigenvalue weighted by Crippen LogP contribution is 2.42. The van der Waals surface area contributed by atoms with Crippen molar-refractivity contribution in [3.63, 3.8) is 0 Å². The van der Waals surface area contributed by atoms with Crippen molar-refractivity contribution >= 4 is 54.4 Å². The predicted octanol–water partition coefficient (Wildman–Crippen LogP) is 10.1. The van der Waals surface area contributed by atoms with Crippen LogP contribution in [0.15, 0.2) is 152 Å². The number of rotatable bonds is 3. The van der Waals surface area contributed by atoms with Crippen molar-refractivity contribution in [1.82, 2.24) is 14.1 Å². The molecule has 9 aromatic rings. The first-order chi connectivity index (χ1) is 20.9. The maximum Gasteiger partial charge on any atom is 0.146 e. The van der Waals surface area contributed by atoms with Gasteiger partial charge in [-0.1, -0.05) is 121 Å². The van der Waals surface area contributed by atoms with Gasteiger partial charge in [0, 0.05) is 38.2 Å². The van der Waals surface area contributed by atoms with Gasteiger partial charge in [0.15, 0.2) is 0 Å². The lowest BCUT2D eigenvalue weighted by atomic mass is 10.1. The van der Waals surface area contributed by atoms with Crippen molar-refractivity contribution in [3.8, 4) is 22.8 Å². The molecule has 0 unspecified atom stereocenters. The van der Waals surface area contributed by atoms with Crippen LogP contribution in [0.25, 0.3) is 77.1 Å². The molecule has 0 saturated heterocycles. The summed E-state index contributed by atoms with van der Waals surface area (Å²) in [6, 6.07) is 54.0. The molecule has 0 N–H and O–H groups in total. The number of nitrogens with zero attached hydrogens (tertiary/aromatic N) is 3. The van der Waals surface area contributed by atoms with E-state index in [1.54, 1.807) is 0 Å². The van der Waals surface area contributed by atoms with Gasteiger partial charge in [0.2, 0.25) is 0 Å². The Kier molecular flexibility index (Phi) is 4.90. The average Bonchev–Trinajstić information content (AvgIpc) is 3.58. The first-order valence-corrected chi connectivity index (χ1v) is 14.3. The van der Waals surface area contributed by atoms with Crippen molar-refractivity contribution in [3.05, 3.63) is 152 Å². The smallest absolute Gasteiger partial charge is 0.146 e. The lowest BCUT2D eigenvalue weighted by molar-refractivity contribution is 1.10. The zero-order valence-electron chi connectivity index (χ0n) is 22.8. The van der Waals surface area contributed by atoms with Crippen LogP contribution in [0, 0.1) is 0 Å². The third-order valence-electron chi connectivity index (χ3n) is 8.48. The molecule has 3 aromatic heterocycles. The van der Waals surface area contributed by atoms with Gasteiger partial charge in [-0.25, -0.2) is 4.98 Å². The number of aromatic nitrogens is 3. The molecule has 0 aliphatic rings. The molecule has 0 aliphatic carbocycles. The topological polar surface area (TPSA) is 22.8 Å². The van der Waals surface area contributed by atoms with E-state index in [1.165, 1.54) is 38.0 Å². The van der Waals surface area contributed by atoms with Gasteiger partial charge < -0.3 is 4.57 Å². The molecular weight excluding hydrogens is 510 g/mol. The number of fused-ring (bicyclic) bond motifs is 8. The predicted molar refractivity (Wildman–Crippen MR) is 176 cm³/mol. The number of hydrogen-bond donors (Lipinski definition) is 0. The Morgan fingerprint density at radius 2 is 0.929 bits per heavy atom. The SMILES string of the molecule is c1ccc(-c2cc3ccccc3c(-n3c4ccccc4c4ccc5c6ccccc6n(-c6ccccc6)c5c43)n2)cc1. The van der Waals surface area contributed by atoms with Crippen molar-refractivity contribution in [1.29, 1.82) is 0 Å². The summed E-state index contributed by atoms with van der Waals surface area (Å²) in [5.74, 6) is 0.940. The van der Waals surface area contributed by atoms with Gasteiger partial charge in [-0.05, 0) is 35.7 Å². The van der Waals surface area contributed by atoms with Gasteiger partial charge in [-0.2, -0.15) is 0 Å². The number of hydrogen-bond acceptors (Lipinski definition) is 1. The minimum atomic E-state index is 0.940. The van der Waals surface area contributed by atoms with E-state index in [1.807, 2.05) is 0 Å². The van der Waals surface area contributed by atoms with Crippen LogP contribution < -0.4 is 0 Å². The Hall–Kier alpha value is -5.67. The molecule has 3 heterocycles. The molecule has 196 valence electrons. The summed E-state index contributed by atoms with van der Waals surface area (Å²) in [5, 5.41) is 7.20. The number of benzene rings is 6. The summed E-state index contributed by atoms with van der Waals surface area (Å²) < 4.78 is 4.83. The van der Waals surface area contributed by atoms with Crippen LogP contribution in [-0.2, 0) is 0 Å². The van der Waals surface area contributed by atoms with Crippen molar-refractivity contribution in [2.75, 3.05) is 0 Å². The molecule has 0 atom stereocenters. The molecule has 0 aliphatic heterocycles. The summed E-state index contributed by atoms with van der Waals surface area (Å²) >= 11 is 0. The van der Waals surface area contributed by atoms with E-state index in [-0.39, 0.29) is 0 Å². The minimum absolute atomic E-state index is 0.940. The van der Waals surface area contributed by atoms with E-state index in [4.69, 9.17) is 4.98 Å². The zero-order valence-corrected chi connectivity index (χ0v) is 22.8. The van der Waals surface area contributed by atoms with Crippen LogP contribution >= 0.6 is 0 Å². The number of pyridine rings is 1. The lowest BCUT2D eigenvalue weighted by Gasteiger charge is -2.15. The molecule has 0 fully saturated rings. The summed E-state index contributed by atoms with van der Waals surface area (Å²) in [6.45, 7) is 0. The standard InChI is InChI=1S/C39H25N3/c1-3-13-26(14-4-1)34-25-27-15-7-8-18-29(27)39(40-34)42-36-22-12-10-20-31(36)33-24-23-32-30-19-9-11-21-35(30)41(37(32)38(33)42)28-16-5-2-6-17-28/h1-25H. The van der Waals surface area contributed by atoms with Gasteiger partial charge >= 0.3 is 0 Å². The largest absolute Gasteiger partial charge is 0.307 e. The van der Waals surface area contributed by atoms with E-state index in [0.717, 1.165) is 39.2 Å². The average molecular weight is 536 g/mol. The van der Waals surface area contributed by atoms with Crippen molar-refractivity contribution in [2.24, 2.45) is 0 Å². The molecule has 0 spiro atoms. The highest BCUT2D eigenvalue weighted by molar-refractivity contribution is 6.24. The highest BCUT2D eigenvalue weighted by atomic mass is 15.1. The fourth-order valence-electron chi connectivity index (χ4n) is 6.67. The molecular formula is C39H25N3. The van der Waals surface area contributed by atoms with Crippen molar-refractivity contribution < 1.29 is 0 Å². The van der Waals surface area contributed by atoms with Gasteiger partial charge in [0.1, 0.15) is 5.82 Å². The van der Waals surface area contributed by atoms with E-state index in [0.29, 0.717) is 0 Å². The zero-order chi connectivity index (χ0) is 27.6. The fourth-order valence-corrected chi connectivity index (χ4v) is 6.67. The summed E-state index contributed by atoms with van der Waals surface area (Å²) in [7, 11) is 0. The minimum Gasteiger partial charge on any atom is -0.307 e. The van der Waals surface area contributed by atoms with Crippen LogP contribution in [0.4, 0.5) is 0 Å². The second-order valence-electron chi connectivity index (χ2n) is 10.8. The Morgan fingerprint density at radius 3 is 1.62 bits per heavy atom. The van der Waals surface area contributed by atoms with Crippen molar-refractivity contribution in [2.45, 2.75) is 0 Å². The van der Waals surface area contributed by atoms with Crippen LogP contribution in [0.2, 0.25) is 0 Å². The van der Waals surface area contributed by atoms with Crippen LogP contribution in [0.3, 0.4) is 0 Å². The second-order valence-corrected chi connectivity index (χ2v) is 10.8. The Morgan fingerprint density at radius 1 is 0.405 bits per heavy atom. The molecule has 0 bridgehead atoms. The highest BCUT2D eigenvalue weighted by Gasteiger charge is 2.22.